The lowest BCUT2D eigenvalue weighted by molar-refractivity contribution is -0.146. The Morgan fingerprint density at radius 1 is 1.12 bits per heavy atom. The highest BCUT2D eigenvalue weighted by Crippen LogP contribution is 2.10. The van der Waals surface area contributed by atoms with E-state index in [2.05, 4.69) is 4.98 Å². The molecular formula is C19H22N2O3. The van der Waals surface area contributed by atoms with Gasteiger partial charge in [-0.2, -0.15) is 0 Å². The second-order valence-electron chi connectivity index (χ2n) is 5.68. The molecular weight excluding hydrogens is 304 g/mol. The van der Waals surface area contributed by atoms with Crippen LogP contribution in [0.25, 0.3) is 0 Å². The number of hydrogen-bond acceptors (Lipinski definition) is 4. The van der Waals surface area contributed by atoms with Gasteiger partial charge in [0, 0.05) is 12.7 Å². The van der Waals surface area contributed by atoms with Crippen LogP contribution >= 0.6 is 0 Å². The minimum absolute atomic E-state index is 0.0393. The lowest BCUT2D eigenvalue weighted by Crippen LogP contribution is -2.38. The van der Waals surface area contributed by atoms with Crippen molar-refractivity contribution in [2.45, 2.75) is 19.9 Å². The van der Waals surface area contributed by atoms with Crippen molar-refractivity contribution < 1.29 is 14.3 Å². The van der Waals surface area contributed by atoms with Crippen molar-refractivity contribution in [3.05, 3.63) is 66.0 Å². The average molecular weight is 326 g/mol. The molecule has 1 unspecified atom stereocenters. The lowest BCUT2D eigenvalue weighted by Gasteiger charge is -2.25. The summed E-state index contributed by atoms with van der Waals surface area (Å²) in [5, 5.41) is 0. The van der Waals surface area contributed by atoms with E-state index in [0.717, 1.165) is 11.3 Å². The van der Waals surface area contributed by atoms with E-state index in [1.54, 1.807) is 18.0 Å². The Kier molecular flexibility index (Phi) is 6.49. The van der Waals surface area contributed by atoms with Crippen molar-refractivity contribution >= 4 is 11.9 Å². The predicted octanol–water partition coefficient (Wildman–Crippen LogP) is 2.46. The first-order chi connectivity index (χ1) is 11.6. The van der Waals surface area contributed by atoms with E-state index in [1.807, 2.05) is 48.5 Å². The number of ether oxygens (including phenoxy) is 1. The Labute approximate surface area is 142 Å². The Bertz CT molecular complexity index is 659. The van der Waals surface area contributed by atoms with Crippen LogP contribution in [0.2, 0.25) is 0 Å². The summed E-state index contributed by atoms with van der Waals surface area (Å²) in [7, 11) is 1.35. The Morgan fingerprint density at radius 3 is 2.46 bits per heavy atom. The van der Waals surface area contributed by atoms with Gasteiger partial charge in [-0.15, -0.1) is 0 Å². The second kappa shape index (κ2) is 8.82. The summed E-state index contributed by atoms with van der Waals surface area (Å²) < 4.78 is 4.77. The van der Waals surface area contributed by atoms with Crippen LogP contribution < -0.4 is 0 Å². The number of methoxy groups -OCH3 is 1. The molecule has 0 spiro atoms. The maximum absolute atomic E-state index is 12.7. The SMILES string of the molecule is COC(=O)C(C)CN(Cc1ccccn1)C(=O)Cc1ccccc1. The van der Waals surface area contributed by atoms with Gasteiger partial charge >= 0.3 is 5.97 Å². The van der Waals surface area contributed by atoms with Crippen LogP contribution in [0, 0.1) is 5.92 Å². The third-order valence-corrected chi connectivity index (χ3v) is 3.73. The highest BCUT2D eigenvalue weighted by molar-refractivity contribution is 5.80. The Balaban J connectivity index is 2.11. The van der Waals surface area contributed by atoms with E-state index in [4.69, 9.17) is 4.74 Å². The molecule has 24 heavy (non-hydrogen) atoms. The first-order valence-corrected chi connectivity index (χ1v) is 7.89. The largest absolute Gasteiger partial charge is 0.469 e. The van der Waals surface area contributed by atoms with Crippen molar-refractivity contribution in [3.63, 3.8) is 0 Å². The quantitative estimate of drug-likeness (QED) is 0.733. The first-order valence-electron chi connectivity index (χ1n) is 7.89. The Hall–Kier alpha value is -2.69. The van der Waals surface area contributed by atoms with Crippen molar-refractivity contribution in [2.24, 2.45) is 5.92 Å². The van der Waals surface area contributed by atoms with Crippen LogP contribution in [0.4, 0.5) is 0 Å². The third-order valence-electron chi connectivity index (χ3n) is 3.73. The molecule has 0 saturated heterocycles. The zero-order valence-electron chi connectivity index (χ0n) is 14.0. The van der Waals surface area contributed by atoms with Gasteiger partial charge in [-0.1, -0.05) is 43.3 Å². The molecule has 1 aromatic heterocycles. The minimum Gasteiger partial charge on any atom is -0.469 e. The van der Waals surface area contributed by atoms with Crippen LogP contribution in [0.1, 0.15) is 18.2 Å². The molecule has 0 bridgehead atoms. The minimum atomic E-state index is -0.390. The van der Waals surface area contributed by atoms with E-state index in [0.29, 0.717) is 19.5 Å². The van der Waals surface area contributed by atoms with E-state index in [1.165, 1.54) is 7.11 Å². The number of rotatable bonds is 7. The second-order valence-corrected chi connectivity index (χ2v) is 5.68. The summed E-state index contributed by atoms with van der Waals surface area (Å²) in [6.45, 7) is 2.43. The molecule has 2 aromatic rings. The molecule has 1 amide bonds. The van der Waals surface area contributed by atoms with Crippen LogP contribution in [-0.4, -0.2) is 35.4 Å². The molecule has 2 rings (SSSR count). The predicted molar refractivity (Wildman–Crippen MR) is 91.0 cm³/mol. The van der Waals surface area contributed by atoms with Gasteiger partial charge in [-0.25, -0.2) is 0 Å². The molecule has 5 nitrogen and oxygen atoms in total. The standard InChI is InChI=1S/C19H22N2O3/c1-15(19(23)24-2)13-21(14-17-10-6-7-11-20-17)18(22)12-16-8-4-3-5-9-16/h3-11,15H,12-14H2,1-2H3. The van der Waals surface area contributed by atoms with Crippen molar-refractivity contribution in [1.29, 1.82) is 0 Å². The number of hydrogen-bond donors (Lipinski definition) is 0. The molecule has 0 aliphatic carbocycles. The highest BCUT2D eigenvalue weighted by Gasteiger charge is 2.22. The molecule has 126 valence electrons. The number of carbonyl (C=O) groups is 2. The zero-order valence-corrected chi connectivity index (χ0v) is 14.0. The van der Waals surface area contributed by atoms with Gasteiger partial charge in [0.2, 0.25) is 5.91 Å². The Morgan fingerprint density at radius 2 is 1.83 bits per heavy atom. The first kappa shape index (κ1) is 17.7. The summed E-state index contributed by atoms with van der Waals surface area (Å²) in [6.07, 6.45) is 1.99. The van der Waals surface area contributed by atoms with Gasteiger partial charge in [-0.3, -0.25) is 14.6 Å². The molecule has 1 heterocycles. The number of carbonyl (C=O) groups excluding carboxylic acids is 2. The summed E-state index contributed by atoms with van der Waals surface area (Å²) in [6, 6.07) is 15.1. The molecule has 0 aliphatic rings. The van der Waals surface area contributed by atoms with Gasteiger partial charge < -0.3 is 9.64 Å². The molecule has 0 radical (unpaired) electrons. The zero-order chi connectivity index (χ0) is 17.4. The summed E-state index contributed by atoms with van der Waals surface area (Å²) in [5.74, 6) is -0.755. The number of esters is 1. The van der Waals surface area contributed by atoms with Gasteiger partial charge in [0.25, 0.3) is 0 Å². The normalized spacial score (nSPS) is 11.6. The van der Waals surface area contributed by atoms with Gasteiger partial charge in [-0.05, 0) is 17.7 Å². The monoisotopic (exact) mass is 326 g/mol. The van der Waals surface area contributed by atoms with Crippen LogP contribution in [-0.2, 0) is 27.3 Å². The number of pyridine rings is 1. The molecule has 0 saturated carbocycles. The summed E-state index contributed by atoms with van der Waals surface area (Å²) >= 11 is 0. The molecule has 1 aromatic carbocycles. The number of aromatic nitrogens is 1. The maximum Gasteiger partial charge on any atom is 0.310 e. The molecule has 0 fully saturated rings. The molecule has 0 aliphatic heterocycles. The highest BCUT2D eigenvalue weighted by atomic mass is 16.5. The van der Waals surface area contributed by atoms with E-state index < -0.39 is 5.92 Å². The lowest BCUT2D eigenvalue weighted by atomic mass is 10.1. The van der Waals surface area contributed by atoms with Crippen molar-refractivity contribution in [2.75, 3.05) is 13.7 Å². The van der Waals surface area contributed by atoms with Crippen LogP contribution in [0.3, 0.4) is 0 Å². The van der Waals surface area contributed by atoms with E-state index in [-0.39, 0.29) is 11.9 Å². The average Bonchev–Trinajstić information content (AvgIpc) is 2.62. The number of amides is 1. The molecule has 0 N–H and O–H groups in total. The summed E-state index contributed by atoms with van der Waals surface area (Å²) in [4.78, 5) is 30.3. The van der Waals surface area contributed by atoms with Gasteiger partial charge in [0.1, 0.15) is 0 Å². The topological polar surface area (TPSA) is 59.5 Å². The van der Waals surface area contributed by atoms with E-state index >= 15 is 0 Å². The fraction of sp³-hybridized carbons (Fsp3) is 0.316. The smallest absolute Gasteiger partial charge is 0.310 e. The third kappa shape index (κ3) is 5.19. The maximum atomic E-state index is 12.7. The number of nitrogens with zero attached hydrogens (tertiary/aromatic N) is 2. The fourth-order valence-corrected chi connectivity index (χ4v) is 2.43. The number of benzene rings is 1. The fourth-order valence-electron chi connectivity index (χ4n) is 2.43. The van der Waals surface area contributed by atoms with Crippen LogP contribution in [0.15, 0.2) is 54.7 Å². The van der Waals surface area contributed by atoms with E-state index in [9.17, 15) is 9.59 Å². The van der Waals surface area contributed by atoms with Gasteiger partial charge in [0.15, 0.2) is 0 Å². The van der Waals surface area contributed by atoms with Crippen LogP contribution in [0.5, 0.6) is 0 Å². The van der Waals surface area contributed by atoms with Crippen molar-refractivity contribution in [1.82, 2.24) is 9.88 Å². The summed E-state index contributed by atoms with van der Waals surface area (Å²) in [5.41, 5.74) is 1.73. The van der Waals surface area contributed by atoms with Crippen molar-refractivity contribution in [3.8, 4) is 0 Å². The molecule has 1 atom stereocenters. The molecule has 5 heteroatoms. The van der Waals surface area contributed by atoms with Gasteiger partial charge in [0.05, 0.1) is 31.7 Å².